The van der Waals surface area contributed by atoms with Crippen molar-refractivity contribution in [1.29, 1.82) is 5.41 Å². The minimum atomic E-state index is 0.0587. The minimum Gasteiger partial charge on any atom is -0.383 e. The van der Waals surface area contributed by atoms with Gasteiger partial charge in [0.15, 0.2) is 0 Å². The van der Waals surface area contributed by atoms with Gasteiger partial charge in [-0.25, -0.2) is 0 Å². The molecule has 1 aliphatic carbocycles. The SMILES string of the molecule is CCCCCCNc1cc(C)cnc1C(=N)C(C)NC1CC1. The number of hydrogen-bond acceptors (Lipinski definition) is 4. The van der Waals surface area contributed by atoms with Crippen LogP contribution >= 0.6 is 0 Å². The Balaban J connectivity index is 1.97. The van der Waals surface area contributed by atoms with Crippen molar-refractivity contribution in [3.8, 4) is 0 Å². The number of aryl methyl sites for hydroxylation is 1. The van der Waals surface area contributed by atoms with E-state index in [9.17, 15) is 0 Å². The summed E-state index contributed by atoms with van der Waals surface area (Å²) in [5, 5.41) is 15.4. The van der Waals surface area contributed by atoms with Gasteiger partial charge in [0, 0.05) is 24.8 Å². The number of anilines is 1. The van der Waals surface area contributed by atoms with Crippen LogP contribution in [-0.2, 0) is 0 Å². The van der Waals surface area contributed by atoms with Crippen LogP contribution in [0.2, 0.25) is 0 Å². The Morgan fingerprint density at radius 2 is 2.14 bits per heavy atom. The van der Waals surface area contributed by atoms with Gasteiger partial charge in [-0.15, -0.1) is 0 Å². The Kier molecular flexibility index (Phi) is 6.37. The van der Waals surface area contributed by atoms with Gasteiger partial charge in [0.05, 0.1) is 11.4 Å². The van der Waals surface area contributed by atoms with Crippen molar-refractivity contribution in [2.75, 3.05) is 11.9 Å². The first-order valence-electron chi connectivity index (χ1n) is 8.67. The maximum absolute atomic E-state index is 8.45. The van der Waals surface area contributed by atoms with Crippen LogP contribution in [0.1, 0.15) is 63.6 Å². The fraction of sp³-hybridized carbons (Fsp3) is 0.667. The molecule has 1 saturated carbocycles. The molecule has 1 aliphatic rings. The summed E-state index contributed by atoms with van der Waals surface area (Å²) >= 11 is 0. The van der Waals surface area contributed by atoms with Crippen LogP contribution in [0.5, 0.6) is 0 Å². The minimum absolute atomic E-state index is 0.0587. The van der Waals surface area contributed by atoms with Gasteiger partial charge in [-0.05, 0) is 44.7 Å². The Morgan fingerprint density at radius 3 is 2.82 bits per heavy atom. The van der Waals surface area contributed by atoms with E-state index in [4.69, 9.17) is 5.41 Å². The predicted octanol–water partition coefficient (Wildman–Crippen LogP) is 3.89. The third kappa shape index (κ3) is 5.09. The lowest BCUT2D eigenvalue weighted by Crippen LogP contribution is -2.36. The molecule has 4 nitrogen and oxygen atoms in total. The van der Waals surface area contributed by atoms with Crippen molar-refractivity contribution in [1.82, 2.24) is 10.3 Å². The lowest BCUT2D eigenvalue weighted by molar-refractivity contribution is 0.650. The molecule has 1 aromatic rings. The summed E-state index contributed by atoms with van der Waals surface area (Å²) in [5.74, 6) is 0. The molecule has 0 spiro atoms. The van der Waals surface area contributed by atoms with Gasteiger partial charge in [-0.1, -0.05) is 26.2 Å². The van der Waals surface area contributed by atoms with Crippen LogP contribution in [0.25, 0.3) is 0 Å². The number of pyridine rings is 1. The Bertz CT molecular complexity index is 494. The molecule has 0 radical (unpaired) electrons. The van der Waals surface area contributed by atoms with Gasteiger partial charge in [0.25, 0.3) is 0 Å². The highest BCUT2D eigenvalue weighted by Gasteiger charge is 2.25. The van der Waals surface area contributed by atoms with Crippen LogP contribution in [0.4, 0.5) is 5.69 Å². The highest BCUT2D eigenvalue weighted by atomic mass is 15.0. The second-order valence-corrected chi connectivity index (χ2v) is 6.47. The van der Waals surface area contributed by atoms with E-state index < -0.39 is 0 Å². The molecule has 2 rings (SSSR count). The number of nitrogens with one attached hydrogen (secondary N) is 3. The van der Waals surface area contributed by atoms with Crippen molar-refractivity contribution < 1.29 is 0 Å². The lowest BCUT2D eigenvalue weighted by Gasteiger charge is -2.18. The smallest absolute Gasteiger partial charge is 0.108 e. The van der Waals surface area contributed by atoms with Crippen molar-refractivity contribution >= 4 is 11.4 Å². The summed E-state index contributed by atoms with van der Waals surface area (Å²) in [4.78, 5) is 4.51. The number of hydrogen-bond donors (Lipinski definition) is 3. The average Bonchev–Trinajstić information content (AvgIpc) is 3.30. The van der Waals surface area contributed by atoms with Crippen LogP contribution in [0, 0.1) is 12.3 Å². The molecular formula is C18H30N4. The van der Waals surface area contributed by atoms with Gasteiger partial charge >= 0.3 is 0 Å². The quantitative estimate of drug-likeness (QED) is 0.454. The first-order chi connectivity index (χ1) is 10.6. The normalized spacial score (nSPS) is 15.6. The lowest BCUT2D eigenvalue weighted by atomic mass is 10.1. The first kappa shape index (κ1) is 16.9. The van der Waals surface area contributed by atoms with E-state index >= 15 is 0 Å². The maximum Gasteiger partial charge on any atom is 0.108 e. The molecule has 122 valence electrons. The Hall–Kier alpha value is -1.42. The van der Waals surface area contributed by atoms with E-state index in [2.05, 4.69) is 42.5 Å². The Labute approximate surface area is 134 Å². The summed E-state index contributed by atoms with van der Waals surface area (Å²) in [6.45, 7) is 7.29. The first-order valence-corrected chi connectivity index (χ1v) is 8.67. The average molecular weight is 302 g/mol. The standard InChI is InChI=1S/C18H30N4/c1-4-5-6-7-10-20-16-11-13(2)12-21-18(16)17(19)14(3)22-15-8-9-15/h11-12,14-15,19-20,22H,4-10H2,1-3H3. The van der Waals surface area contributed by atoms with Crippen LogP contribution in [-0.4, -0.2) is 29.3 Å². The zero-order chi connectivity index (χ0) is 15.9. The molecule has 1 aromatic heterocycles. The summed E-state index contributed by atoms with van der Waals surface area (Å²) < 4.78 is 0. The van der Waals surface area contributed by atoms with Gasteiger partial charge in [0.1, 0.15) is 5.69 Å². The largest absolute Gasteiger partial charge is 0.383 e. The molecule has 1 fully saturated rings. The monoisotopic (exact) mass is 302 g/mol. The molecule has 1 unspecified atom stereocenters. The second kappa shape index (κ2) is 8.28. The molecule has 22 heavy (non-hydrogen) atoms. The van der Waals surface area contributed by atoms with Crippen molar-refractivity contribution in [2.45, 2.75) is 71.4 Å². The second-order valence-electron chi connectivity index (χ2n) is 6.47. The molecule has 0 amide bonds. The predicted molar refractivity (Wildman–Crippen MR) is 94.1 cm³/mol. The summed E-state index contributed by atoms with van der Waals surface area (Å²) in [6.07, 6.45) is 9.31. The molecule has 0 saturated heterocycles. The van der Waals surface area contributed by atoms with Crippen molar-refractivity contribution in [3.05, 3.63) is 23.5 Å². The van der Waals surface area contributed by atoms with E-state index in [-0.39, 0.29) is 6.04 Å². The highest BCUT2D eigenvalue weighted by Crippen LogP contribution is 2.22. The third-order valence-corrected chi connectivity index (χ3v) is 4.12. The highest BCUT2D eigenvalue weighted by molar-refractivity contribution is 6.04. The Morgan fingerprint density at radius 1 is 1.36 bits per heavy atom. The molecular weight excluding hydrogens is 272 g/mol. The van der Waals surface area contributed by atoms with Crippen LogP contribution in [0.15, 0.2) is 12.3 Å². The molecule has 3 N–H and O–H groups in total. The molecule has 0 aromatic carbocycles. The number of rotatable bonds is 10. The third-order valence-electron chi connectivity index (χ3n) is 4.12. The number of nitrogens with zero attached hydrogens (tertiary/aromatic N) is 1. The van der Waals surface area contributed by atoms with E-state index in [1.807, 2.05) is 6.20 Å². The zero-order valence-electron chi connectivity index (χ0n) is 14.2. The number of unbranched alkanes of at least 4 members (excludes halogenated alkanes) is 3. The van der Waals surface area contributed by atoms with Gasteiger partial charge < -0.3 is 16.0 Å². The van der Waals surface area contributed by atoms with E-state index in [1.54, 1.807) is 0 Å². The molecule has 4 heteroatoms. The van der Waals surface area contributed by atoms with Crippen LogP contribution < -0.4 is 10.6 Å². The van der Waals surface area contributed by atoms with Gasteiger partial charge in [-0.2, -0.15) is 0 Å². The maximum atomic E-state index is 8.45. The topological polar surface area (TPSA) is 60.8 Å². The summed E-state index contributed by atoms with van der Waals surface area (Å²) in [6, 6.07) is 2.77. The summed E-state index contributed by atoms with van der Waals surface area (Å²) in [7, 11) is 0. The molecule has 1 heterocycles. The van der Waals surface area contributed by atoms with Crippen LogP contribution in [0.3, 0.4) is 0 Å². The zero-order valence-corrected chi connectivity index (χ0v) is 14.2. The fourth-order valence-electron chi connectivity index (χ4n) is 2.59. The molecule has 1 atom stereocenters. The van der Waals surface area contributed by atoms with Gasteiger partial charge in [0.2, 0.25) is 0 Å². The van der Waals surface area contributed by atoms with E-state index in [1.165, 1.54) is 38.5 Å². The molecule has 0 bridgehead atoms. The van der Waals surface area contributed by atoms with Crippen molar-refractivity contribution in [3.63, 3.8) is 0 Å². The van der Waals surface area contributed by atoms with Gasteiger partial charge in [-0.3, -0.25) is 4.98 Å². The molecule has 0 aliphatic heterocycles. The van der Waals surface area contributed by atoms with Crippen molar-refractivity contribution in [2.24, 2.45) is 0 Å². The summed E-state index contributed by atoms with van der Waals surface area (Å²) in [5.41, 5.74) is 3.52. The van der Waals surface area contributed by atoms with E-state index in [0.717, 1.165) is 23.5 Å². The number of aromatic nitrogens is 1. The van der Waals surface area contributed by atoms with E-state index in [0.29, 0.717) is 11.8 Å². The fourth-order valence-corrected chi connectivity index (χ4v) is 2.59.